The average molecular weight is 597 g/mol. The molecule has 43 heavy (non-hydrogen) atoms. The van der Waals surface area contributed by atoms with Gasteiger partial charge in [0.1, 0.15) is 12.4 Å². The van der Waals surface area contributed by atoms with Gasteiger partial charge >= 0.3 is 5.97 Å². The molecule has 0 unspecified atom stereocenters. The standard InChI is InChI=1S/C34H32N2O6S/c1-5-19-42-26-18-13-22(20-27(26)40-6-2)21-28-32(37)36-31(24-14-16-25(39-4)17-15-24)29(33(38)41-7-3)30(35-34(36)43-28)23-11-9-8-10-12-23/h5,8-18,20-21,31H,1,6-7,19H2,2-4H3/b28-21-/t31-/m0/s1. The molecule has 2 heterocycles. The first-order chi connectivity index (χ1) is 21.0. The van der Waals surface area contributed by atoms with E-state index in [0.717, 1.165) is 16.7 Å². The van der Waals surface area contributed by atoms with E-state index in [2.05, 4.69) is 6.58 Å². The molecule has 1 aromatic heterocycles. The fourth-order valence-corrected chi connectivity index (χ4v) is 5.85. The summed E-state index contributed by atoms with van der Waals surface area (Å²) >= 11 is 1.26. The normalized spacial score (nSPS) is 14.5. The number of methoxy groups -OCH3 is 1. The molecule has 1 aliphatic heterocycles. The lowest BCUT2D eigenvalue weighted by atomic mass is 9.93. The van der Waals surface area contributed by atoms with Gasteiger partial charge in [-0.05, 0) is 55.3 Å². The summed E-state index contributed by atoms with van der Waals surface area (Å²) in [6.07, 6.45) is 3.46. The zero-order valence-electron chi connectivity index (χ0n) is 24.2. The molecule has 0 amide bonds. The Hall–Kier alpha value is -4.89. The highest BCUT2D eigenvalue weighted by Gasteiger charge is 2.35. The molecule has 9 heteroatoms. The van der Waals surface area contributed by atoms with E-state index >= 15 is 0 Å². The second-order valence-corrected chi connectivity index (χ2v) is 10.5. The van der Waals surface area contributed by atoms with Gasteiger partial charge in [0.15, 0.2) is 16.3 Å². The molecule has 0 N–H and O–H groups in total. The lowest BCUT2D eigenvalue weighted by Gasteiger charge is -2.26. The maximum absolute atomic E-state index is 14.1. The molecule has 8 nitrogen and oxygen atoms in total. The topological polar surface area (TPSA) is 88.4 Å². The van der Waals surface area contributed by atoms with Gasteiger partial charge in [0.2, 0.25) is 0 Å². The summed E-state index contributed by atoms with van der Waals surface area (Å²) < 4.78 is 24.4. The molecular formula is C34H32N2O6S. The second kappa shape index (κ2) is 13.4. The summed E-state index contributed by atoms with van der Waals surface area (Å²) in [5.41, 5.74) is 2.71. The smallest absolute Gasteiger partial charge is 0.338 e. The summed E-state index contributed by atoms with van der Waals surface area (Å²) in [5, 5.41) is 0. The lowest BCUT2D eigenvalue weighted by molar-refractivity contribution is -0.138. The maximum atomic E-state index is 14.1. The number of esters is 1. The Morgan fingerprint density at radius 1 is 1.00 bits per heavy atom. The van der Waals surface area contributed by atoms with Crippen molar-refractivity contribution in [2.75, 3.05) is 26.9 Å². The molecule has 0 saturated carbocycles. The van der Waals surface area contributed by atoms with Crippen molar-refractivity contribution in [1.82, 2.24) is 4.57 Å². The van der Waals surface area contributed by atoms with Gasteiger partial charge in [-0.15, -0.1) is 0 Å². The predicted octanol–water partition coefficient (Wildman–Crippen LogP) is 4.91. The van der Waals surface area contributed by atoms with Crippen molar-refractivity contribution in [3.63, 3.8) is 0 Å². The Bertz CT molecular complexity index is 1840. The molecular weight excluding hydrogens is 564 g/mol. The van der Waals surface area contributed by atoms with E-state index < -0.39 is 12.0 Å². The average Bonchev–Trinajstić information content (AvgIpc) is 3.34. The van der Waals surface area contributed by atoms with Crippen LogP contribution in [0.1, 0.15) is 36.6 Å². The first-order valence-corrected chi connectivity index (χ1v) is 14.7. The number of hydrogen-bond acceptors (Lipinski definition) is 8. The number of carbonyl (C=O) groups excluding carboxylic acids is 1. The highest BCUT2D eigenvalue weighted by Crippen LogP contribution is 2.36. The largest absolute Gasteiger partial charge is 0.497 e. The number of aromatic nitrogens is 1. The molecule has 1 atom stereocenters. The third-order valence-electron chi connectivity index (χ3n) is 6.73. The van der Waals surface area contributed by atoms with Crippen LogP contribution in [0.4, 0.5) is 0 Å². The van der Waals surface area contributed by atoms with E-state index in [0.29, 0.717) is 51.1 Å². The SMILES string of the molecule is C=CCOc1ccc(/C=c2\sc3n(c2=O)[C@@H](c2ccc(OC)cc2)C(C(=O)OCC)=C(c2ccccc2)N=3)cc1OCC. The zero-order chi connectivity index (χ0) is 30.3. The number of thiazole rings is 1. The van der Waals surface area contributed by atoms with Gasteiger partial charge in [-0.1, -0.05) is 72.5 Å². The van der Waals surface area contributed by atoms with Crippen LogP contribution in [0.25, 0.3) is 11.8 Å². The van der Waals surface area contributed by atoms with Crippen molar-refractivity contribution in [3.05, 3.63) is 127 Å². The second-order valence-electron chi connectivity index (χ2n) is 9.44. The number of fused-ring (bicyclic) bond motifs is 1. The minimum Gasteiger partial charge on any atom is -0.497 e. The quantitative estimate of drug-likeness (QED) is 0.181. The number of rotatable bonds is 11. The molecule has 0 fully saturated rings. The third kappa shape index (κ3) is 6.17. The van der Waals surface area contributed by atoms with Gasteiger partial charge < -0.3 is 18.9 Å². The van der Waals surface area contributed by atoms with Crippen LogP contribution in [0.2, 0.25) is 0 Å². The molecule has 1 aliphatic rings. The molecule has 0 spiro atoms. The lowest BCUT2D eigenvalue weighted by Crippen LogP contribution is -2.40. The van der Waals surface area contributed by atoms with E-state index in [4.69, 9.17) is 23.9 Å². The summed E-state index contributed by atoms with van der Waals surface area (Å²) in [4.78, 5) is 33.1. The highest BCUT2D eigenvalue weighted by molar-refractivity contribution is 7.07. The van der Waals surface area contributed by atoms with Crippen molar-refractivity contribution < 1.29 is 23.7 Å². The zero-order valence-corrected chi connectivity index (χ0v) is 25.1. The molecule has 5 rings (SSSR count). The van der Waals surface area contributed by atoms with E-state index in [9.17, 15) is 9.59 Å². The molecule has 220 valence electrons. The Morgan fingerprint density at radius 2 is 1.77 bits per heavy atom. The summed E-state index contributed by atoms with van der Waals surface area (Å²) in [7, 11) is 1.59. The van der Waals surface area contributed by atoms with Crippen molar-refractivity contribution in [3.8, 4) is 17.2 Å². The number of ether oxygens (including phenoxy) is 4. The van der Waals surface area contributed by atoms with Gasteiger partial charge in [-0.3, -0.25) is 9.36 Å². The first-order valence-electron chi connectivity index (χ1n) is 13.9. The van der Waals surface area contributed by atoms with Gasteiger partial charge in [0.05, 0.1) is 42.2 Å². The molecule has 3 aromatic carbocycles. The fourth-order valence-electron chi connectivity index (χ4n) is 4.84. The molecule has 0 bridgehead atoms. The summed E-state index contributed by atoms with van der Waals surface area (Å²) in [5.74, 6) is 1.28. The van der Waals surface area contributed by atoms with E-state index in [1.165, 1.54) is 11.3 Å². The van der Waals surface area contributed by atoms with Gasteiger partial charge in [0, 0.05) is 5.56 Å². The molecule has 0 aliphatic carbocycles. The van der Waals surface area contributed by atoms with E-state index in [1.54, 1.807) is 42.9 Å². The van der Waals surface area contributed by atoms with Crippen LogP contribution in [-0.4, -0.2) is 37.5 Å². The van der Waals surface area contributed by atoms with Crippen LogP contribution in [0, 0.1) is 0 Å². The molecule has 4 aromatic rings. The van der Waals surface area contributed by atoms with Crippen LogP contribution in [-0.2, 0) is 9.53 Å². The van der Waals surface area contributed by atoms with Gasteiger partial charge in [-0.25, -0.2) is 9.79 Å². The summed E-state index contributed by atoms with van der Waals surface area (Å²) in [6, 6.07) is 21.5. The maximum Gasteiger partial charge on any atom is 0.338 e. The Morgan fingerprint density at radius 3 is 2.44 bits per heavy atom. The van der Waals surface area contributed by atoms with Crippen LogP contribution in [0.3, 0.4) is 0 Å². The summed E-state index contributed by atoms with van der Waals surface area (Å²) in [6.45, 7) is 8.32. The minimum atomic E-state index is -0.771. The highest BCUT2D eigenvalue weighted by atomic mass is 32.1. The molecule has 0 saturated heterocycles. The minimum absolute atomic E-state index is 0.179. The monoisotopic (exact) mass is 596 g/mol. The van der Waals surface area contributed by atoms with Gasteiger partial charge in [0.25, 0.3) is 5.56 Å². The third-order valence-corrected chi connectivity index (χ3v) is 7.71. The number of benzene rings is 3. The molecule has 0 radical (unpaired) electrons. The van der Waals surface area contributed by atoms with Crippen molar-refractivity contribution in [2.24, 2.45) is 4.99 Å². The van der Waals surface area contributed by atoms with Crippen LogP contribution >= 0.6 is 11.3 Å². The van der Waals surface area contributed by atoms with Crippen molar-refractivity contribution >= 4 is 29.1 Å². The van der Waals surface area contributed by atoms with Crippen LogP contribution in [0.5, 0.6) is 17.2 Å². The van der Waals surface area contributed by atoms with Crippen molar-refractivity contribution in [2.45, 2.75) is 19.9 Å². The Labute approximate surface area is 253 Å². The fraction of sp³-hybridized carbons (Fsp3) is 0.206. The predicted molar refractivity (Wildman–Crippen MR) is 167 cm³/mol. The van der Waals surface area contributed by atoms with Crippen LogP contribution < -0.4 is 29.1 Å². The van der Waals surface area contributed by atoms with Crippen LogP contribution in [0.15, 0.2) is 101 Å². The van der Waals surface area contributed by atoms with Crippen molar-refractivity contribution in [1.29, 1.82) is 0 Å². The number of carbonyl (C=O) groups is 1. The number of nitrogens with zero attached hydrogens (tertiary/aromatic N) is 2. The number of hydrogen-bond donors (Lipinski definition) is 0. The Balaban J connectivity index is 1.74. The Kier molecular flexibility index (Phi) is 9.22. The van der Waals surface area contributed by atoms with Gasteiger partial charge in [-0.2, -0.15) is 0 Å². The van der Waals surface area contributed by atoms with E-state index in [-0.39, 0.29) is 12.2 Å². The van der Waals surface area contributed by atoms with E-state index in [1.807, 2.05) is 67.6 Å². The first kappa shape index (κ1) is 29.6.